The number of rotatable bonds is 10. The molecule has 0 bridgehead atoms. The van der Waals surface area contributed by atoms with E-state index in [-0.39, 0.29) is 24.1 Å². The van der Waals surface area contributed by atoms with Crippen LogP contribution < -0.4 is 10.6 Å². The largest absolute Gasteiger partial charge is 0.352 e. The average Bonchev–Trinajstić information content (AvgIpc) is 2.83. The molecule has 1 aliphatic rings. The van der Waals surface area contributed by atoms with Gasteiger partial charge in [0.1, 0.15) is 0 Å². The van der Waals surface area contributed by atoms with E-state index in [4.69, 9.17) is 0 Å². The van der Waals surface area contributed by atoms with Crippen LogP contribution in [0.4, 0.5) is 5.69 Å². The fourth-order valence-corrected chi connectivity index (χ4v) is 5.64. The van der Waals surface area contributed by atoms with Crippen molar-refractivity contribution >= 4 is 27.5 Å². The number of para-hydroxylation sites is 1. The third-order valence-corrected chi connectivity index (χ3v) is 7.88. The van der Waals surface area contributed by atoms with Gasteiger partial charge in [-0.25, -0.2) is 12.7 Å². The zero-order valence-corrected chi connectivity index (χ0v) is 20.8. The van der Waals surface area contributed by atoms with Crippen LogP contribution in [0, 0.1) is 11.8 Å². The number of carbonyl (C=O) groups is 2. The topological polar surface area (TPSA) is 95.6 Å². The van der Waals surface area contributed by atoms with Crippen LogP contribution in [-0.4, -0.2) is 49.9 Å². The fraction of sp³-hybridized carbons (Fsp3) is 0.462. The van der Waals surface area contributed by atoms with E-state index in [1.54, 1.807) is 24.3 Å². The maximum Gasteiger partial charge on any atom is 0.253 e. The monoisotopic (exact) mass is 485 g/mol. The van der Waals surface area contributed by atoms with Gasteiger partial charge < -0.3 is 10.6 Å². The number of anilines is 1. The summed E-state index contributed by atoms with van der Waals surface area (Å²) in [5.41, 5.74) is 1.96. The van der Waals surface area contributed by atoms with Crippen molar-refractivity contribution in [2.24, 2.45) is 11.8 Å². The maximum absolute atomic E-state index is 13.0. The van der Waals surface area contributed by atoms with Crippen LogP contribution in [-0.2, 0) is 21.2 Å². The molecular formula is C26H35N3O4S. The molecule has 0 saturated carbocycles. The number of hydrogen-bond acceptors (Lipinski definition) is 4. The molecule has 2 aromatic carbocycles. The second-order valence-corrected chi connectivity index (χ2v) is 11.3. The van der Waals surface area contributed by atoms with Gasteiger partial charge in [0.05, 0.1) is 22.9 Å². The van der Waals surface area contributed by atoms with Crippen LogP contribution in [0.3, 0.4) is 0 Å². The molecule has 1 heterocycles. The summed E-state index contributed by atoms with van der Waals surface area (Å²) in [5, 5.41) is 5.74. The highest BCUT2D eigenvalue weighted by molar-refractivity contribution is 7.89. The van der Waals surface area contributed by atoms with Gasteiger partial charge in [0, 0.05) is 19.6 Å². The summed E-state index contributed by atoms with van der Waals surface area (Å²) >= 11 is 0. The molecule has 1 fully saturated rings. The van der Waals surface area contributed by atoms with E-state index in [2.05, 4.69) is 10.6 Å². The molecule has 184 valence electrons. The summed E-state index contributed by atoms with van der Waals surface area (Å²) < 4.78 is 27.3. The Morgan fingerprint density at radius 2 is 1.76 bits per heavy atom. The van der Waals surface area contributed by atoms with E-state index in [0.717, 1.165) is 5.56 Å². The van der Waals surface area contributed by atoms with Gasteiger partial charge in [0.2, 0.25) is 15.9 Å². The summed E-state index contributed by atoms with van der Waals surface area (Å²) in [6.45, 7) is 5.17. The molecule has 0 radical (unpaired) electrons. The van der Waals surface area contributed by atoms with E-state index in [9.17, 15) is 18.0 Å². The molecule has 1 atom stereocenters. The molecule has 0 spiro atoms. The van der Waals surface area contributed by atoms with E-state index >= 15 is 0 Å². The Labute approximate surface area is 203 Å². The second kappa shape index (κ2) is 12.1. The van der Waals surface area contributed by atoms with E-state index in [1.165, 1.54) is 4.31 Å². The van der Waals surface area contributed by atoms with Crippen molar-refractivity contribution in [3.63, 3.8) is 0 Å². The van der Waals surface area contributed by atoms with Crippen LogP contribution in [0.15, 0.2) is 54.6 Å². The first-order chi connectivity index (χ1) is 16.3. The van der Waals surface area contributed by atoms with Gasteiger partial charge in [-0.15, -0.1) is 0 Å². The van der Waals surface area contributed by atoms with Crippen LogP contribution in [0.1, 0.15) is 49.0 Å². The molecule has 3 rings (SSSR count). The molecule has 0 unspecified atom stereocenters. The minimum Gasteiger partial charge on any atom is -0.352 e. The number of piperidine rings is 1. The number of carbonyl (C=O) groups excluding carboxylic acids is 2. The maximum atomic E-state index is 13.0. The van der Waals surface area contributed by atoms with Gasteiger partial charge in [0.15, 0.2) is 0 Å². The molecule has 2 N–H and O–H groups in total. The van der Waals surface area contributed by atoms with Crippen molar-refractivity contribution < 1.29 is 18.0 Å². The first kappa shape index (κ1) is 25.9. The number of nitrogens with one attached hydrogen (secondary N) is 2. The van der Waals surface area contributed by atoms with E-state index in [1.807, 2.05) is 44.2 Å². The van der Waals surface area contributed by atoms with Crippen LogP contribution in [0.25, 0.3) is 0 Å². The summed E-state index contributed by atoms with van der Waals surface area (Å²) in [6, 6.07) is 16.7. The van der Waals surface area contributed by atoms with Crippen molar-refractivity contribution in [1.29, 1.82) is 0 Å². The van der Waals surface area contributed by atoms with Crippen molar-refractivity contribution in [3.8, 4) is 0 Å². The fourth-order valence-electron chi connectivity index (χ4n) is 4.06. The molecule has 0 aliphatic carbocycles. The van der Waals surface area contributed by atoms with Crippen LogP contribution >= 0.6 is 0 Å². The zero-order chi connectivity index (χ0) is 24.6. The number of amides is 2. The molecule has 2 aromatic rings. The molecule has 7 nitrogen and oxygen atoms in total. The number of aryl methyl sites for hydroxylation is 1. The number of benzene rings is 2. The van der Waals surface area contributed by atoms with Crippen LogP contribution in [0.5, 0.6) is 0 Å². The predicted octanol–water partition coefficient (Wildman–Crippen LogP) is 3.69. The first-order valence-corrected chi connectivity index (χ1v) is 13.6. The highest BCUT2D eigenvalue weighted by Crippen LogP contribution is 2.23. The summed E-state index contributed by atoms with van der Waals surface area (Å²) in [7, 11) is -3.44. The van der Waals surface area contributed by atoms with Crippen molar-refractivity contribution in [1.82, 2.24) is 9.62 Å². The molecule has 2 amide bonds. The molecular weight excluding hydrogens is 450 g/mol. The zero-order valence-electron chi connectivity index (χ0n) is 20.0. The third-order valence-electron chi connectivity index (χ3n) is 5.96. The van der Waals surface area contributed by atoms with Crippen LogP contribution in [0.2, 0.25) is 0 Å². The van der Waals surface area contributed by atoms with Crippen molar-refractivity contribution in [2.75, 3.05) is 30.7 Å². The Morgan fingerprint density at radius 3 is 2.50 bits per heavy atom. The third kappa shape index (κ3) is 7.40. The number of nitrogens with zero attached hydrogens (tertiary/aromatic N) is 1. The molecule has 0 aromatic heterocycles. The predicted molar refractivity (Wildman–Crippen MR) is 135 cm³/mol. The lowest BCUT2D eigenvalue weighted by molar-refractivity contribution is -0.120. The van der Waals surface area contributed by atoms with Gasteiger partial charge in [-0.1, -0.05) is 56.3 Å². The van der Waals surface area contributed by atoms with Crippen molar-refractivity contribution in [2.45, 2.75) is 39.5 Å². The first-order valence-electron chi connectivity index (χ1n) is 12.0. The van der Waals surface area contributed by atoms with Crippen molar-refractivity contribution in [3.05, 3.63) is 65.7 Å². The Bertz CT molecular complexity index is 1070. The van der Waals surface area contributed by atoms with Gasteiger partial charge in [-0.3, -0.25) is 9.59 Å². The highest BCUT2D eigenvalue weighted by atomic mass is 32.2. The smallest absolute Gasteiger partial charge is 0.253 e. The minimum absolute atomic E-state index is 0.0646. The normalized spacial score (nSPS) is 16.9. The van der Waals surface area contributed by atoms with E-state index < -0.39 is 15.9 Å². The Morgan fingerprint density at radius 1 is 1.06 bits per heavy atom. The second-order valence-electron chi connectivity index (χ2n) is 9.24. The van der Waals surface area contributed by atoms with E-state index in [0.29, 0.717) is 55.9 Å². The van der Waals surface area contributed by atoms with Gasteiger partial charge >= 0.3 is 0 Å². The average molecular weight is 486 g/mol. The minimum atomic E-state index is -3.44. The molecule has 1 saturated heterocycles. The number of sulfonamides is 1. The SMILES string of the molecule is CC(C)CNC(=O)c1ccccc1NC(=O)[C@@H]1CCCN(S(=O)(=O)CCCc2ccccc2)C1. The summed E-state index contributed by atoms with van der Waals surface area (Å²) in [6.07, 6.45) is 2.49. The molecule has 8 heteroatoms. The quantitative estimate of drug-likeness (QED) is 0.537. The van der Waals surface area contributed by atoms with Gasteiger partial charge in [-0.05, 0) is 49.3 Å². The molecule has 1 aliphatic heterocycles. The van der Waals surface area contributed by atoms with Gasteiger partial charge in [-0.2, -0.15) is 0 Å². The number of hydrogen-bond donors (Lipinski definition) is 2. The Kier molecular flexibility index (Phi) is 9.24. The lowest BCUT2D eigenvalue weighted by Gasteiger charge is -2.31. The lowest BCUT2D eigenvalue weighted by atomic mass is 9.98. The summed E-state index contributed by atoms with van der Waals surface area (Å²) in [5.74, 6) is -0.572. The Hall–Kier alpha value is -2.71. The molecule has 34 heavy (non-hydrogen) atoms. The highest BCUT2D eigenvalue weighted by Gasteiger charge is 2.32. The standard InChI is InChI=1S/C26H35N3O4S/c1-20(2)18-27-26(31)23-14-6-7-15-24(23)28-25(30)22-13-8-16-29(19-22)34(32,33)17-9-12-21-10-4-3-5-11-21/h3-7,10-11,14-15,20,22H,8-9,12-13,16-19H2,1-2H3,(H,27,31)(H,28,30)/t22-/m1/s1. The van der Waals surface area contributed by atoms with Gasteiger partial charge in [0.25, 0.3) is 5.91 Å². The lowest BCUT2D eigenvalue weighted by Crippen LogP contribution is -2.44. The summed E-state index contributed by atoms with van der Waals surface area (Å²) in [4.78, 5) is 25.6. The Balaban J connectivity index is 1.58.